The molecule has 1 heterocycles. The van der Waals surface area contributed by atoms with Gasteiger partial charge in [-0.15, -0.1) is 0 Å². The second-order valence-electron chi connectivity index (χ2n) is 3.37. The minimum Gasteiger partial charge on any atom is -0.298 e. The molecule has 3 nitrogen and oxygen atoms in total. The molecule has 16 heavy (non-hydrogen) atoms. The summed E-state index contributed by atoms with van der Waals surface area (Å²) in [6.45, 7) is 1.81. The van der Waals surface area contributed by atoms with Gasteiger partial charge in [-0.3, -0.25) is 4.79 Å². The molecule has 80 valence electrons. The molecule has 4 heteroatoms. The average Bonchev–Trinajstić information content (AvgIpc) is 2.30. The first kappa shape index (κ1) is 10.8. The lowest BCUT2D eigenvalue weighted by Gasteiger charge is -2.04. The Morgan fingerprint density at radius 1 is 1.25 bits per heavy atom. The highest BCUT2D eigenvalue weighted by Gasteiger charge is 2.06. The van der Waals surface area contributed by atoms with Crippen LogP contribution in [-0.4, -0.2) is 16.3 Å². The van der Waals surface area contributed by atoms with Crippen LogP contribution >= 0.6 is 11.6 Å². The highest BCUT2D eigenvalue weighted by Crippen LogP contribution is 2.24. The summed E-state index contributed by atoms with van der Waals surface area (Å²) in [5, 5.41) is 0.584. The van der Waals surface area contributed by atoms with Gasteiger partial charge in [0.25, 0.3) is 0 Å². The third-order valence-corrected chi connectivity index (χ3v) is 2.47. The quantitative estimate of drug-likeness (QED) is 0.748. The van der Waals surface area contributed by atoms with Crippen molar-refractivity contribution in [3.63, 3.8) is 0 Å². The van der Waals surface area contributed by atoms with E-state index in [1.54, 1.807) is 30.6 Å². The first-order valence-corrected chi connectivity index (χ1v) is 5.12. The highest BCUT2D eigenvalue weighted by atomic mass is 35.5. The molecule has 0 atom stereocenters. The van der Waals surface area contributed by atoms with E-state index < -0.39 is 0 Å². The van der Waals surface area contributed by atoms with Crippen molar-refractivity contribution in [1.82, 2.24) is 9.97 Å². The van der Waals surface area contributed by atoms with Gasteiger partial charge in [0, 0.05) is 28.5 Å². The van der Waals surface area contributed by atoms with Gasteiger partial charge in [-0.25, -0.2) is 9.97 Å². The number of hydrogen-bond donors (Lipinski definition) is 0. The lowest BCUT2D eigenvalue weighted by Crippen LogP contribution is -1.91. The maximum Gasteiger partial charge on any atom is 0.150 e. The smallest absolute Gasteiger partial charge is 0.150 e. The summed E-state index contributed by atoms with van der Waals surface area (Å²) in [5.41, 5.74) is 2.12. The molecule has 0 radical (unpaired) electrons. The van der Waals surface area contributed by atoms with Gasteiger partial charge in [0.1, 0.15) is 5.82 Å². The first-order chi connectivity index (χ1) is 7.70. The number of rotatable bonds is 2. The number of carbonyl (C=O) groups is 1. The van der Waals surface area contributed by atoms with Crippen molar-refractivity contribution in [1.29, 1.82) is 0 Å². The number of aldehydes is 1. The van der Waals surface area contributed by atoms with E-state index in [9.17, 15) is 4.79 Å². The molecule has 2 rings (SSSR count). The molecular formula is C12H9ClN2O. The van der Waals surface area contributed by atoms with Crippen LogP contribution in [0.15, 0.2) is 30.6 Å². The molecule has 0 saturated carbocycles. The molecule has 0 spiro atoms. The van der Waals surface area contributed by atoms with Gasteiger partial charge in [-0.2, -0.15) is 0 Å². The minimum atomic E-state index is 0.580. The van der Waals surface area contributed by atoms with Crippen LogP contribution in [0.4, 0.5) is 0 Å². The van der Waals surface area contributed by atoms with Gasteiger partial charge >= 0.3 is 0 Å². The Hall–Kier alpha value is -1.74. The van der Waals surface area contributed by atoms with Crippen LogP contribution in [0.3, 0.4) is 0 Å². The summed E-state index contributed by atoms with van der Waals surface area (Å²) in [6, 6.07) is 5.10. The highest BCUT2D eigenvalue weighted by molar-refractivity contribution is 6.31. The Bertz CT molecular complexity index is 523. The van der Waals surface area contributed by atoms with Crippen LogP contribution < -0.4 is 0 Å². The molecule has 0 aliphatic rings. The van der Waals surface area contributed by atoms with Gasteiger partial charge in [0.15, 0.2) is 6.29 Å². The molecule has 0 aliphatic carbocycles. The van der Waals surface area contributed by atoms with E-state index in [4.69, 9.17) is 11.6 Å². The number of hydrogen-bond acceptors (Lipinski definition) is 3. The predicted molar refractivity (Wildman–Crippen MR) is 62.6 cm³/mol. The van der Waals surface area contributed by atoms with E-state index in [-0.39, 0.29) is 0 Å². The van der Waals surface area contributed by atoms with Crippen LogP contribution in [-0.2, 0) is 0 Å². The van der Waals surface area contributed by atoms with E-state index in [2.05, 4.69) is 9.97 Å². The molecule has 0 bridgehead atoms. The van der Waals surface area contributed by atoms with Crippen molar-refractivity contribution in [2.24, 2.45) is 0 Å². The Balaban J connectivity index is 2.57. The number of nitrogens with zero attached hydrogens (tertiary/aromatic N) is 2. The molecule has 0 fully saturated rings. The lowest BCUT2D eigenvalue weighted by atomic mass is 10.0. The summed E-state index contributed by atoms with van der Waals surface area (Å²) >= 11 is 5.90. The van der Waals surface area contributed by atoms with E-state index in [1.807, 2.05) is 6.92 Å². The summed E-state index contributed by atoms with van der Waals surface area (Å²) < 4.78 is 0. The molecular weight excluding hydrogens is 224 g/mol. The van der Waals surface area contributed by atoms with Gasteiger partial charge in [-0.1, -0.05) is 11.6 Å². The monoisotopic (exact) mass is 232 g/mol. The van der Waals surface area contributed by atoms with Crippen molar-refractivity contribution in [2.45, 2.75) is 6.92 Å². The maximum absolute atomic E-state index is 10.9. The van der Waals surface area contributed by atoms with Crippen LogP contribution in [0.2, 0.25) is 5.02 Å². The molecule has 0 amide bonds. The molecule has 2 aromatic rings. The fourth-order valence-electron chi connectivity index (χ4n) is 1.41. The Morgan fingerprint density at radius 3 is 2.56 bits per heavy atom. The molecule has 0 aliphatic heterocycles. The molecule has 0 unspecified atom stereocenters. The fourth-order valence-corrected chi connectivity index (χ4v) is 1.59. The van der Waals surface area contributed by atoms with Crippen molar-refractivity contribution in [3.8, 4) is 11.1 Å². The van der Waals surface area contributed by atoms with Crippen molar-refractivity contribution in [2.75, 3.05) is 0 Å². The van der Waals surface area contributed by atoms with Crippen molar-refractivity contribution >= 4 is 17.9 Å². The standard InChI is InChI=1S/C12H9ClN2O/c1-8-14-5-10(6-15-8)12-4-11(13)3-2-9(12)7-16/h2-7H,1H3. The summed E-state index contributed by atoms with van der Waals surface area (Å²) in [5.74, 6) is 0.693. The SMILES string of the molecule is Cc1ncc(-c2cc(Cl)ccc2C=O)cn1. The Morgan fingerprint density at radius 2 is 1.94 bits per heavy atom. The summed E-state index contributed by atoms with van der Waals surface area (Å²) in [4.78, 5) is 19.1. The number of aryl methyl sites for hydroxylation is 1. The molecule has 0 saturated heterocycles. The van der Waals surface area contributed by atoms with Crippen molar-refractivity contribution in [3.05, 3.63) is 47.0 Å². The third-order valence-electron chi connectivity index (χ3n) is 2.23. The number of benzene rings is 1. The van der Waals surface area contributed by atoms with Gasteiger partial charge in [-0.05, 0) is 30.7 Å². The van der Waals surface area contributed by atoms with Gasteiger partial charge in [0.2, 0.25) is 0 Å². The first-order valence-electron chi connectivity index (χ1n) is 4.74. The zero-order chi connectivity index (χ0) is 11.5. The third kappa shape index (κ3) is 2.09. The normalized spacial score (nSPS) is 10.1. The predicted octanol–water partition coefficient (Wildman–Crippen LogP) is 2.92. The van der Waals surface area contributed by atoms with Crippen LogP contribution in [0.25, 0.3) is 11.1 Å². The van der Waals surface area contributed by atoms with Crippen molar-refractivity contribution < 1.29 is 4.79 Å². The lowest BCUT2D eigenvalue weighted by molar-refractivity contribution is 0.112. The Labute approximate surface area is 98.1 Å². The van der Waals surface area contributed by atoms with E-state index in [0.29, 0.717) is 16.4 Å². The average molecular weight is 233 g/mol. The van der Waals surface area contributed by atoms with Crippen LogP contribution in [0.5, 0.6) is 0 Å². The minimum absolute atomic E-state index is 0.580. The zero-order valence-corrected chi connectivity index (χ0v) is 9.40. The van der Waals surface area contributed by atoms with Gasteiger partial charge in [0.05, 0.1) is 0 Å². The second-order valence-corrected chi connectivity index (χ2v) is 3.80. The number of aromatic nitrogens is 2. The topological polar surface area (TPSA) is 42.9 Å². The van der Waals surface area contributed by atoms with Crippen LogP contribution in [0.1, 0.15) is 16.2 Å². The van der Waals surface area contributed by atoms with E-state index in [1.165, 1.54) is 0 Å². The van der Waals surface area contributed by atoms with Gasteiger partial charge < -0.3 is 0 Å². The number of halogens is 1. The van der Waals surface area contributed by atoms with E-state index in [0.717, 1.165) is 17.4 Å². The molecule has 0 N–H and O–H groups in total. The second kappa shape index (κ2) is 4.41. The van der Waals surface area contributed by atoms with E-state index >= 15 is 0 Å². The zero-order valence-electron chi connectivity index (χ0n) is 8.64. The number of carbonyl (C=O) groups excluding carboxylic acids is 1. The maximum atomic E-state index is 10.9. The molecule has 1 aromatic carbocycles. The summed E-state index contributed by atoms with van der Waals surface area (Å²) in [7, 11) is 0. The summed E-state index contributed by atoms with van der Waals surface area (Å²) in [6.07, 6.45) is 4.16. The van der Waals surface area contributed by atoms with Crippen LogP contribution in [0, 0.1) is 6.92 Å². The largest absolute Gasteiger partial charge is 0.298 e. The molecule has 1 aromatic heterocycles. The Kier molecular flexibility index (Phi) is 2.97. The fraction of sp³-hybridized carbons (Fsp3) is 0.0833.